The van der Waals surface area contributed by atoms with E-state index < -0.39 is 0 Å². The van der Waals surface area contributed by atoms with Crippen LogP contribution in [0, 0.1) is 0 Å². The number of aromatic nitrogens is 4. The van der Waals surface area contributed by atoms with Crippen molar-refractivity contribution in [3.63, 3.8) is 0 Å². The van der Waals surface area contributed by atoms with Crippen LogP contribution in [0.15, 0.2) is 71.9 Å². The van der Waals surface area contributed by atoms with Crippen molar-refractivity contribution in [3.05, 3.63) is 67.4 Å². The van der Waals surface area contributed by atoms with Gasteiger partial charge in [-0.25, -0.2) is 15.0 Å². The summed E-state index contributed by atoms with van der Waals surface area (Å²) in [6.45, 7) is 3.38. The third kappa shape index (κ3) is 3.36. The van der Waals surface area contributed by atoms with Crippen LogP contribution in [0.25, 0.3) is 28.0 Å². The topological polar surface area (TPSA) is 80.7 Å². The van der Waals surface area contributed by atoms with E-state index in [0.29, 0.717) is 5.82 Å². The summed E-state index contributed by atoms with van der Waals surface area (Å²) < 4.78 is 12.8. The minimum Gasteiger partial charge on any atom is -0.443 e. The standard InChI is InChI=1S/C23H20N6O2/c1-6-21-19(25-15-31-21)13-16(1)20-14-29-8-7-24-23(29)22(27-20)26-17-2-4-18(5-3-17)28-9-11-30-12-10-28/h1-8,13-15H,9-12H2,(H,26,27). The molecule has 8 nitrogen and oxygen atoms in total. The number of nitrogens with zero attached hydrogens (tertiary/aromatic N) is 5. The fourth-order valence-electron chi connectivity index (χ4n) is 3.89. The number of hydrogen-bond acceptors (Lipinski definition) is 7. The number of benzene rings is 2. The SMILES string of the molecule is c1cn2cc(-c3ccc4ocnc4c3)nc(Nc3ccc(N4CCOCC4)cc3)c2n1. The fourth-order valence-corrected chi connectivity index (χ4v) is 3.89. The summed E-state index contributed by atoms with van der Waals surface area (Å²) in [5.41, 5.74) is 6.26. The molecular formula is C23H20N6O2. The number of imidazole rings is 1. The zero-order valence-electron chi connectivity index (χ0n) is 16.7. The number of hydrogen-bond donors (Lipinski definition) is 1. The highest BCUT2D eigenvalue weighted by atomic mass is 16.5. The highest BCUT2D eigenvalue weighted by Crippen LogP contribution is 2.27. The van der Waals surface area contributed by atoms with Gasteiger partial charge in [0.25, 0.3) is 0 Å². The summed E-state index contributed by atoms with van der Waals surface area (Å²) in [4.78, 5) is 15.9. The van der Waals surface area contributed by atoms with E-state index in [2.05, 4.69) is 44.5 Å². The monoisotopic (exact) mass is 412 g/mol. The first-order valence-electron chi connectivity index (χ1n) is 10.2. The number of rotatable bonds is 4. The number of oxazole rings is 1. The van der Waals surface area contributed by atoms with Crippen molar-refractivity contribution in [1.82, 2.24) is 19.4 Å². The lowest BCUT2D eigenvalue weighted by molar-refractivity contribution is 0.122. The van der Waals surface area contributed by atoms with Crippen LogP contribution in [-0.2, 0) is 4.74 Å². The number of fused-ring (bicyclic) bond motifs is 2. The number of anilines is 3. The third-order valence-electron chi connectivity index (χ3n) is 5.51. The summed E-state index contributed by atoms with van der Waals surface area (Å²) in [6.07, 6.45) is 7.11. The smallest absolute Gasteiger partial charge is 0.181 e. The van der Waals surface area contributed by atoms with Gasteiger partial charge in [0.1, 0.15) is 5.52 Å². The molecule has 154 valence electrons. The van der Waals surface area contributed by atoms with Crippen molar-refractivity contribution in [2.45, 2.75) is 0 Å². The Kier molecular flexibility index (Phi) is 4.28. The third-order valence-corrected chi connectivity index (χ3v) is 5.51. The zero-order chi connectivity index (χ0) is 20.6. The molecule has 31 heavy (non-hydrogen) atoms. The van der Waals surface area contributed by atoms with E-state index in [9.17, 15) is 0 Å². The van der Waals surface area contributed by atoms with Gasteiger partial charge in [-0.2, -0.15) is 0 Å². The molecule has 0 saturated carbocycles. The average Bonchev–Trinajstić information content (AvgIpc) is 3.49. The van der Waals surface area contributed by atoms with Crippen LogP contribution in [-0.4, -0.2) is 45.7 Å². The van der Waals surface area contributed by atoms with E-state index in [1.807, 2.05) is 35.0 Å². The molecule has 0 aliphatic carbocycles. The molecule has 1 aliphatic rings. The Morgan fingerprint density at radius 3 is 2.71 bits per heavy atom. The molecule has 0 unspecified atom stereocenters. The van der Waals surface area contributed by atoms with Gasteiger partial charge in [-0.3, -0.25) is 0 Å². The molecule has 0 radical (unpaired) electrons. The van der Waals surface area contributed by atoms with Gasteiger partial charge >= 0.3 is 0 Å². The van der Waals surface area contributed by atoms with Crippen LogP contribution < -0.4 is 10.2 Å². The average molecular weight is 412 g/mol. The maximum Gasteiger partial charge on any atom is 0.181 e. The highest BCUT2D eigenvalue weighted by Gasteiger charge is 2.13. The van der Waals surface area contributed by atoms with Gasteiger partial charge in [-0.15, -0.1) is 0 Å². The molecule has 6 rings (SSSR count). The molecule has 1 N–H and O–H groups in total. The molecule has 2 aromatic carbocycles. The van der Waals surface area contributed by atoms with Gasteiger partial charge in [0.2, 0.25) is 0 Å². The largest absolute Gasteiger partial charge is 0.443 e. The summed E-state index contributed by atoms with van der Waals surface area (Å²) in [5.74, 6) is 0.696. The Morgan fingerprint density at radius 2 is 1.84 bits per heavy atom. The summed E-state index contributed by atoms with van der Waals surface area (Å²) in [6, 6.07) is 14.3. The van der Waals surface area contributed by atoms with Crippen molar-refractivity contribution in [3.8, 4) is 11.3 Å². The second-order valence-corrected chi connectivity index (χ2v) is 7.44. The second-order valence-electron chi connectivity index (χ2n) is 7.44. The van der Waals surface area contributed by atoms with Gasteiger partial charge in [0, 0.05) is 48.6 Å². The molecule has 4 heterocycles. The maximum atomic E-state index is 5.44. The lowest BCUT2D eigenvalue weighted by atomic mass is 10.1. The first kappa shape index (κ1) is 17.9. The molecule has 0 spiro atoms. The maximum absolute atomic E-state index is 5.44. The molecule has 0 bridgehead atoms. The normalized spacial score (nSPS) is 14.4. The van der Waals surface area contributed by atoms with E-state index in [1.54, 1.807) is 6.20 Å². The molecular weight excluding hydrogens is 392 g/mol. The number of nitrogens with one attached hydrogen (secondary N) is 1. The lowest BCUT2D eigenvalue weighted by Crippen LogP contribution is -2.36. The van der Waals surface area contributed by atoms with Gasteiger partial charge < -0.3 is 23.8 Å². The minimum absolute atomic E-state index is 0.696. The number of ether oxygens (including phenoxy) is 1. The highest BCUT2D eigenvalue weighted by molar-refractivity contribution is 5.80. The van der Waals surface area contributed by atoms with Crippen LogP contribution in [0.3, 0.4) is 0 Å². The Hall–Kier alpha value is -3.91. The van der Waals surface area contributed by atoms with Crippen molar-refractivity contribution in [1.29, 1.82) is 0 Å². The summed E-state index contributed by atoms with van der Waals surface area (Å²) in [7, 11) is 0. The summed E-state index contributed by atoms with van der Waals surface area (Å²) >= 11 is 0. The molecule has 5 aromatic rings. The molecule has 3 aromatic heterocycles. The quantitative estimate of drug-likeness (QED) is 0.476. The van der Waals surface area contributed by atoms with Crippen molar-refractivity contribution in [2.75, 3.05) is 36.5 Å². The first-order valence-corrected chi connectivity index (χ1v) is 10.2. The van der Waals surface area contributed by atoms with Crippen molar-refractivity contribution < 1.29 is 9.15 Å². The van der Waals surface area contributed by atoms with E-state index in [4.69, 9.17) is 14.1 Å². The predicted molar refractivity (Wildman–Crippen MR) is 119 cm³/mol. The first-order chi connectivity index (χ1) is 15.3. The van der Waals surface area contributed by atoms with E-state index >= 15 is 0 Å². The Bertz CT molecular complexity index is 1350. The molecule has 8 heteroatoms. The molecule has 1 aliphatic heterocycles. The second kappa shape index (κ2) is 7.41. The molecule has 1 saturated heterocycles. The van der Waals surface area contributed by atoms with Gasteiger partial charge in [0.05, 0.1) is 18.9 Å². The lowest BCUT2D eigenvalue weighted by Gasteiger charge is -2.28. The minimum atomic E-state index is 0.696. The Balaban J connectivity index is 1.33. The summed E-state index contributed by atoms with van der Waals surface area (Å²) in [5, 5.41) is 3.43. The predicted octanol–water partition coefficient (Wildman–Crippen LogP) is 4.12. The van der Waals surface area contributed by atoms with Crippen LogP contribution in [0.5, 0.6) is 0 Å². The number of morpholine rings is 1. The zero-order valence-corrected chi connectivity index (χ0v) is 16.7. The van der Waals surface area contributed by atoms with Gasteiger partial charge in [0.15, 0.2) is 23.4 Å². The Labute approximate surface area is 178 Å². The van der Waals surface area contributed by atoms with Crippen LogP contribution >= 0.6 is 0 Å². The van der Waals surface area contributed by atoms with Crippen molar-refractivity contribution >= 4 is 33.9 Å². The molecule has 0 atom stereocenters. The van der Waals surface area contributed by atoms with E-state index in [1.165, 1.54) is 12.1 Å². The Morgan fingerprint density at radius 1 is 0.968 bits per heavy atom. The van der Waals surface area contributed by atoms with Gasteiger partial charge in [-0.05, 0) is 42.5 Å². The van der Waals surface area contributed by atoms with Crippen LogP contribution in [0.1, 0.15) is 0 Å². The van der Waals surface area contributed by atoms with Crippen LogP contribution in [0.2, 0.25) is 0 Å². The van der Waals surface area contributed by atoms with Gasteiger partial charge in [-0.1, -0.05) is 0 Å². The molecule has 0 amide bonds. The van der Waals surface area contributed by atoms with E-state index in [-0.39, 0.29) is 0 Å². The van der Waals surface area contributed by atoms with Crippen molar-refractivity contribution in [2.24, 2.45) is 0 Å². The van der Waals surface area contributed by atoms with E-state index in [0.717, 1.165) is 60.0 Å². The van der Waals surface area contributed by atoms with Crippen LogP contribution in [0.4, 0.5) is 17.2 Å². The fraction of sp³-hybridized carbons (Fsp3) is 0.174. The molecule has 1 fully saturated rings.